The maximum Gasteiger partial charge on any atom is 0.272 e. The Morgan fingerprint density at radius 2 is 1.96 bits per heavy atom. The second-order valence-corrected chi connectivity index (χ2v) is 6.79. The Balaban J connectivity index is 1.71. The van der Waals surface area contributed by atoms with Crippen LogP contribution in [0.5, 0.6) is 5.75 Å². The Labute approximate surface area is 150 Å². The number of rotatable bonds is 3. The van der Waals surface area contributed by atoms with E-state index in [4.69, 9.17) is 4.74 Å². The van der Waals surface area contributed by atoms with Crippen LogP contribution in [0.25, 0.3) is 11.3 Å². The predicted octanol–water partition coefficient (Wildman–Crippen LogP) is 3.81. The lowest BCUT2D eigenvalue weighted by atomic mass is 10.1. The van der Waals surface area contributed by atoms with E-state index in [9.17, 15) is 4.79 Å². The van der Waals surface area contributed by atoms with Crippen LogP contribution >= 0.6 is 11.5 Å². The zero-order chi connectivity index (χ0) is 17.4. The first-order valence-electron chi connectivity index (χ1n) is 8.07. The van der Waals surface area contributed by atoms with Crippen LogP contribution in [0.1, 0.15) is 22.2 Å². The standard InChI is InChI=1S/C19H17N3O2S/c1-12-11-14-5-3-4-6-16(14)22(12)19(23)18-17(20-21-25-18)13-7-9-15(24-2)10-8-13/h3-10,12H,11H2,1-2H3/t12-/m0/s1. The van der Waals surface area contributed by atoms with Gasteiger partial charge in [-0.1, -0.05) is 22.7 Å². The van der Waals surface area contributed by atoms with Gasteiger partial charge >= 0.3 is 0 Å². The number of hydrogen-bond acceptors (Lipinski definition) is 5. The summed E-state index contributed by atoms with van der Waals surface area (Å²) in [5.41, 5.74) is 3.66. The predicted molar refractivity (Wildman–Crippen MR) is 98.3 cm³/mol. The average molecular weight is 351 g/mol. The van der Waals surface area contributed by atoms with E-state index in [0.717, 1.165) is 35.0 Å². The van der Waals surface area contributed by atoms with Gasteiger partial charge in [-0.15, -0.1) is 5.10 Å². The summed E-state index contributed by atoms with van der Waals surface area (Å²) in [6.45, 7) is 2.07. The summed E-state index contributed by atoms with van der Waals surface area (Å²) in [7, 11) is 1.63. The third-order valence-corrected chi connectivity index (χ3v) is 5.19. The second-order valence-electron chi connectivity index (χ2n) is 6.04. The van der Waals surface area contributed by atoms with Gasteiger partial charge in [0.1, 0.15) is 16.3 Å². The number of methoxy groups -OCH3 is 1. The molecule has 0 N–H and O–H groups in total. The van der Waals surface area contributed by atoms with Crippen LogP contribution in [0.3, 0.4) is 0 Å². The lowest BCUT2D eigenvalue weighted by Crippen LogP contribution is -2.35. The van der Waals surface area contributed by atoms with Crippen LogP contribution in [-0.2, 0) is 6.42 Å². The number of fused-ring (bicyclic) bond motifs is 1. The van der Waals surface area contributed by atoms with Gasteiger partial charge in [0.05, 0.1) is 7.11 Å². The molecule has 1 aliphatic heterocycles. The van der Waals surface area contributed by atoms with Crippen molar-refractivity contribution < 1.29 is 9.53 Å². The molecule has 0 unspecified atom stereocenters. The minimum atomic E-state index is -0.0433. The first-order valence-corrected chi connectivity index (χ1v) is 8.84. The van der Waals surface area contributed by atoms with Crippen LogP contribution in [0.15, 0.2) is 48.5 Å². The molecule has 1 aromatic heterocycles. The number of ether oxygens (including phenoxy) is 1. The van der Waals surface area contributed by atoms with E-state index < -0.39 is 0 Å². The topological polar surface area (TPSA) is 55.3 Å². The second kappa shape index (κ2) is 6.29. The molecule has 5 nitrogen and oxygen atoms in total. The third kappa shape index (κ3) is 2.68. The fraction of sp³-hybridized carbons (Fsp3) is 0.211. The summed E-state index contributed by atoms with van der Waals surface area (Å²) >= 11 is 1.14. The molecule has 1 amide bonds. The lowest BCUT2D eigenvalue weighted by molar-refractivity contribution is 0.0986. The van der Waals surface area contributed by atoms with Crippen molar-refractivity contribution in [2.45, 2.75) is 19.4 Å². The molecule has 0 aliphatic carbocycles. The van der Waals surface area contributed by atoms with Crippen LogP contribution in [0, 0.1) is 0 Å². The minimum absolute atomic E-state index is 0.0433. The number of para-hydroxylation sites is 1. The molecular weight excluding hydrogens is 334 g/mol. The first kappa shape index (κ1) is 15.8. The van der Waals surface area contributed by atoms with E-state index in [1.54, 1.807) is 7.11 Å². The molecule has 4 rings (SSSR count). The highest BCUT2D eigenvalue weighted by molar-refractivity contribution is 7.08. The van der Waals surface area contributed by atoms with Crippen molar-refractivity contribution in [2.75, 3.05) is 12.0 Å². The molecule has 25 heavy (non-hydrogen) atoms. The quantitative estimate of drug-likeness (QED) is 0.720. The van der Waals surface area contributed by atoms with E-state index in [2.05, 4.69) is 22.6 Å². The van der Waals surface area contributed by atoms with Gasteiger partial charge in [0.2, 0.25) is 0 Å². The zero-order valence-corrected chi connectivity index (χ0v) is 14.8. The molecule has 0 spiro atoms. The molecule has 6 heteroatoms. The Hall–Kier alpha value is -2.73. The van der Waals surface area contributed by atoms with Gasteiger partial charge in [0, 0.05) is 17.3 Å². The van der Waals surface area contributed by atoms with Crippen molar-refractivity contribution in [3.8, 4) is 17.0 Å². The molecule has 0 fully saturated rings. The highest BCUT2D eigenvalue weighted by atomic mass is 32.1. The van der Waals surface area contributed by atoms with Crippen molar-refractivity contribution in [3.63, 3.8) is 0 Å². The summed E-state index contributed by atoms with van der Waals surface area (Å²) < 4.78 is 9.22. The summed E-state index contributed by atoms with van der Waals surface area (Å²) in [6, 6.07) is 15.7. The molecule has 1 aliphatic rings. The van der Waals surface area contributed by atoms with Gasteiger partial charge in [-0.2, -0.15) is 0 Å². The zero-order valence-electron chi connectivity index (χ0n) is 14.0. The van der Waals surface area contributed by atoms with Crippen LogP contribution < -0.4 is 9.64 Å². The Morgan fingerprint density at radius 3 is 2.72 bits per heavy atom. The van der Waals surface area contributed by atoms with Gasteiger partial charge in [0.25, 0.3) is 5.91 Å². The maximum atomic E-state index is 13.2. The highest BCUT2D eigenvalue weighted by Crippen LogP contribution is 2.35. The number of anilines is 1. The van der Waals surface area contributed by atoms with E-state index >= 15 is 0 Å². The van der Waals surface area contributed by atoms with Crippen LogP contribution in [0.2, 0.25) is 0 Å². The number of hydrogen-bond donors (Lipinski definition) is 0. The summed E-state index contributed by atoms with van der Waals surface area (Å²) in [6.07, 6.45) is 0.867. The van der Waals surface area contributed by atoms with Crippen molar-refractivity contribution in [3.05, 3.63) is 59.0 Å². The Kier molecular flexibility index (Phi) is 3.97. The number of benzene rings is 2. The smallest absolute Gasteiger partial charge is 0.272 e. The number of amides is 1. The molecule has 0 saturated heterocycles. The Morgan fingerprint density at radius 1 is 1.20 bits per heavy atom. The van der Waals surface area contributed by atoms with Crippen molar-refractivity contribution in [1.82, 2.24) is 9.59 Å². The summed E-state index contributed by atoms with van der Waals surface area (Å²) in [4.78, 5) is 15.7. The average Bonchev–Trinajstić information content (AvgIpc) is 3.25. The molecular formula is C19H17N3O2S. The molecule has 0 saturated carbocycles. The fourth-order valence-corrected chi connectivity index (χ4v) is 3.88. The first-order chi connectivity index (χ1) is 12.2. The lowest BCUT2D eigenvalue weighted by Gasteiger charge is -2.22. The largest absolute Gasteiger partial charge is 0.497 e. The minimum Gasteiger partial charge on any atom is -0.497 e. The van der Waals surface area contributed by atoms with Gasteiger partial charge < -0.3 is 9.64 Å². The van der Waals surface area contributed by atoms with Crippen molar-refractivity contribution >= 4 is 23.1 Å². The van der Waals surface area contributed by atoms with E-state index in [-0.39, 0.29) is 11.9 Å². The number of carbonyl (C=O) groups is 1. The van der Waals surface area contributed by atoms with Crippen molar-refractivity contribution in [1.29, 1.82) is 0 Å². The molecule has 3 aromatic rings. The normalized spacial score (nSPS) is 15.9. The summed E-state index contributed by atoms with van der Waals surface area (Å²) in [5, 5.41) is 4.20. The number of nitrogens with zero attached hydrogens (tertiary/aromatic N) is 3. The number of aromatic nitrogens is 2. The van der Waals surface area contributed by atoms with E-state index in [0.29, 0.717) is 10.6 Å². The van der Waals surface area contributed by atoms with Gasteiger partial charge in [-0.3, -0.25) is 4.79 Å². The van der Waals surface area contributed by atoms with Crippen LogP contribution in [0.4, 0.5) is 5.69 Å². The Bertz CT molecular complexity index is 920. The summed E-state index contributed by atoms with van der Waals surface area (Å²) in [5.74, 6) is 0.722. The molecule has 126 valence electrons. The fourth-order valence-electron chi connectivity index (χ4n) is 3.25. The number of carbonyl (C=O) groups excluding carboxylic acids is 1. The van der Waals surface area contributed by atoms with Gasteiger partial charge in [0.15, 0.2) is 0 Å². The van der Waals surface area contributed by atoms with Crippen molar-refractivity contribution in [2.24, 2.45) is 0 Å². The third-order valence-electron chi connectivity index (χ3n) is 4.47. The van der Waals surface area contributed by atoms with Gasteiger partial charge in [-0.05, 0) is 60.8 Å². The highest BCUT2D eigenvalue weighted by Gasteiger charge is 2.33. The molecule has 2 aromatic carbocycles. The van der Waals surface area contributed by atoms with Gasteiger partial charge in [-0.25, -0.2) is 0 Å². The van der Waals surface area contributed by atoms with E-state index in [1.165, 1.54) is 5.56 Å². The molecule has 1 atom stereocenters. The SMILES string of the molecule is COc1ccc(-c2nnsc2C(=O)N2c3ccccc3C[C@@H]2C)cc1. The van der Waals surface area contributed by atoms with Crippen LogP contribution in [-0.4, -0.2) is 28.6 Å². The molecule has 0 bridgehead atoms. The molecule has 2 heterocycles. The maximum absolute atomic E-state index is 13.2. The molecule has 0 radical (unpaired) electrons. The monoisotopic (exact) mass is 351 g/mol. The van der Waals surface area contributed by atoms with E-state index in [1.807, 2.05) is 47.4 Å².